The van der Waals surface area contributed by atoms with Crippen molar-refractivity contribution >= 4 is 40.3 Å². The van der Waals surface area contributed by atoms with Gasteiger partial charge in [-0.15, -0.1) is 0 Å². The zero-order valence-electron chi connectivity index (χ0n) is 21.9. The number of anilines is 2. The van der Waals surface area contributed by atoms with Crippen molar-refractivity contribution in [1.82, 2.24) is 14.3 Å². The number of amides is 1. The van der Waals surface area contributed by atoms with Gasteiger partial charge < -0.3 is 4.90 Å². The molecule has 0 N–H and O–H groups in total. The average molecular weight is 541 g/mol. The molecular formula is C30H29ClN6O2. The molecule has 9 heteroatoms. The summed E-state index contributed by atoms with van der Waals surface area (Å²) in [5.74, 6) is -0.192. The van der Waals surface area contributed by atoms with E-state index in [2.05, 4.69) is 15.9 Å². The van der Waals surface area contributed by atoms with E-state index in [1.807, 2.05) is 86.8 Å². The van der Waals surface area contributed by atoms with Crippen LogP contribution in [0.25, 0.3) is 5.69 Å². The van der Waals surface area contributed by atoms with Crippen LogP contribution in [0.3, 0.4) is 0 Å². The van der Waals surface area contributed by atoms with Gasteiger partial charge >= 0.3 is 0 Å². The first-order valence-electron chi connectivity index (χ1n) is 13.0. The highest BCUT2D eigenvalue weighted by Crippen LogP contribution is 2.31. The van der Waals surface area contributed by atoms with Gasteiger partial charge in [-0.1, -0.05) is 54.1 Å². The number of piperazine rings is 1. The van der Waals surface area contributed by atoms with Gasteiger partial charge in [0, 0.05) is 49.5 Å². The van der Waals surface area contributed by atoms with E-state index in [9.17, 15) is 9.59 Å². The molecule has 2 aliphatic rings. The largest absolute Gasteiger partial charge is 0.369 e. The zero-order valence-corrected chi connectivity index (χ0v) is 22.7. The normalized spacial score (nSPS) is 16.8. The number of para-hydroxylation sites is 2. The van der Waals surface area contributed by atoms with Crippen LogP contribution in [0, 0.1) is 6.92 Å². The van der Waals surface area contributed by atoms with Crippen LogP contribution in [0.5, 0.6) is 0 Å². The molecule has 0 spiro atoms. The van der Waals surface area contributed by atoms with Crippen molar-refractivity contribution in [2.45, 2.75) is 6.92 Å². The molecule has 8 nitrogen and oxygen atoms in total. The molecule has 0 aliphatic carbocycles. The highest BCUT2D eigenvalue weighted by molar-refractivity contribution is 6.54. The van der Waals surface area contributed by atoms with Crippen molar-refractivity contribution in [1.29, 1.82) is 0 Å². The summed E-state index contributed by atoms with van der Waals surface area (Å²) in [6.07, 6.45) is 0. The van der Waals surface area contributed by atoms with Crippen LogP contribution in [-0.2, 0) is 11.8 Å². The Bertz CT molecular complexity index is 1630. The molecule has 6 rings (SSSR count). The summed E-state index contributed by atoms with van der Waals surface area (Å²) in [5.41, 5.74) is 4.43. The van der Waals surface area contributed by atoms with E-state index in [1.165, 1.54) is 0 Å². The van der Waals surface area contributed by atoms with Gasteiger partial charge in [-0.25, -0.2) is 9.67 Å². The standard InChI is InChI=1S/C30H29ClN6O2/c1-21-27(30(39)37(33(21)2)23-10-4-3-5-11-23)32-28-25-13-6-7-14-26(25)36(29(28)38)20-34-15-17-35(18-16-34)24-12-8-9-22(31)19-24/h3-14,19H,15-18,20H2,1-2H3. The Morgan fingerprint density at radius 3 is 2.28 bits per heavy atom. The molecule has 1 fully saturated rings. The van der Waals surface area contributed by atoms with Crippen LogP contribution in [0.2, 0.25) is 5.02 Å². The molecule has 0 saturated carbocycles. The molecule has 198 valence electrons. The van der Waals surface area contributed by atoms with Gasteiger partial charge in [0.2, 0.25) is 0 Å². The number of carbonyl (C=O) groups is 1. The lowest BCUT2D eigenvalue weighted by Gasteiger charge is -2.37. The minimum Gasteiger partial charge on any atom is -0.369 e. The molecule has 1 aromatic heterocycles. The maximum Gasteiger partial charge on any atom is 0.297 e. The summed E-state index contributed by atoms with van der Waals surface area (Å²) in [4.78, 5) is 38.3. The van der Waals surface area contributed by atoms with Crippen molar-refractivity contribution in [2.75, 3.05) is 42.6 Å². The number of hydrogen-bond acceptors (Lipinski definition) is 5. The predicted octanol–water partition coefficient (Wildman–Crippen LogP) is 4.38. The van der Waals surface area contributed by atoms with Crippen LogP contribution in [0.15, 0.2) is 88.6 Å². The van der Waals surface area contributed by atoms with Crippen molar-refractivity contribution in [3.05, 3.63) is 105 Å². The molecule has 0 unspecified atom stereocenters. The number of fused-ring (bicyclic) bond motifs is 1. The highest BCUT2D eigenvalue weighted by atomic mass is 35.5. The number of aliphatic imine (C=N–C) groups is 1. The van der Waals surface area contributed by atoms with Gasteiger partial charge in [0.25, 0.3) is 11.5 Å². The summed E-state index contributed by atoms with van der Waals surface area (Å²) < 4.78 is 3.36. The number of halogens is 1. The first kappa shape index (κ1) is 25.2. The second-order valence-electron chi connectivity index (χ2n) is 9.85. The van der Waals surface area contributed by atoms with Gasteiger partial charge in [0.1, 0.15) is 5.71 Å². The first-order chi connectivity index (χ1) is 18.9. The number of carbonyl (C=O) groups excluding carboxylic acids is 1. The minimum absolute atomic E-state index is 0.192. The van der Waals surface area contributed by atoms with E-state index < -0.39 is 0 Å². The Labute approximate surface area is 231 Å². The summed E-state index contributed by atoms with van der Waals surface area (Å²) >= 11 is 6.19. The molecule has 3 aromatic carbocycles. The third-order valence-corrected chi connectivity index (χ3v) is 7.77. The fraction of sp³-hybridized carbons (Fsp3) is 0.233. The summed E-state index contributed by atoms with van der Waals surface area (Å²) in [6.45, 7) is 5.61. The fourth-order valence-corrected chi connectivity index (χ4v) is 5.51. The Hall–Kier alpha value is -4.14. The molecular weight excluding hydrogens is 512 g/mol. The van der Waals surface area contributed by atoms with Gasteiger partial charge in [-0.05, 0) is 43.3 Å². The number of nitrogens with zero attached hydrogens (tertiary/aromatic N) is 6. The molecule has 1 saturated heterocycles. The molecule has 1 amide bonds. The van der Waals surface area contributed by atoms with Gasteiger partial charge in [-0.2, -0.15) is 0 Å². The molecule has 39 heavy (non-hydrogen) atoms. The summed E-state index contributed by atoms with van der Waals surface area (Å²) in [6, 6.07) is 25.0. The van der Waals surface area contributed by atoms with Gasteiger partial charge in [0.15, 0.2) is 5.69 Å². The van der Waals surface area contributed by atoms with Crippen LogP contribution in [0.1, 0.15) is 11.3 Å². The highest BCUT2D eigenvalue weighted by Gasteiger charge is 2.36. The quantitative estimate of drug-likeness (QED) is 0.377. The third kappa shape index (κ3) is 4.56. The number of rotatable bonds is 5. The molecule has 4 aromatic rings. The zero-order chi connectivity index (χ0) is 27.1. The topological polar surface area (TPSA) is 66.1 Å². The van der Waals surface area contributed by atoms with Gasteiger partial charge in [0.05, 0.1) is 23.7 Å². The van der Waals surface area contributed by atoms with E-state index in [4.69, 9.17) is 16.6 Å². The van der Waals surface area contributed by atoms with E-state index in [0.717, 1.165) is 53.8 Å². The maximum absolute atomic E-state index is 13.8. The van der Waals surface area contributed by atoms with Crippen LogP contribution in [-0.4, -0.2) is 58.7 Å². The summed E-state index contributed by atoms with van der Waals surface area (Å²) in [5, 5.41) is 0.727. The van der Waals surface area contributed by atoms with Crippen LogP contribution < -0.4 is 15.4 Å². The van der Waals surface area contributed by atoms with E-state index >= 15 is 0 Å². The van der Waals surface area contributed by atoms with Crippen molar-refractivity contribution < 1.29 is 4.79 Å². The average Bonchev–Trinajstić information content (AvgIpc) is 3.34. The Kier molecular flexibility index (Phi) is 6.58. The molecule has 3 heterocycles. The molecule has 0 radical (unpaired) electrons. The maximum atomic E-state index is 13.8. The second-order valence-corrected chi connectivity index (χ2v) is 10.3. The second kappa shape index (κ2) is 10.2. The number of aromatic nitrogens is 2. The predicted molar refractivity (Wildman–Crippen MR) is 156 cm³/mol. The molecule has 0 bridgehead atoms. The van der Waals surface area contributed by atoms with Crippen LogP contribution >= 0.6 is 11.6 Å². The molecule has 2 aliphatic heterocycles. The van der Waals surface area contributed by atoms with E-state index in [1.54, 1.807) is 14.3 Å². The SMILES string of the molecule is Cc1c(N=C2C(=O)N(CN3CCN(c4cccc(Cl)c4)CC3)c3ccccc32)c(=O)n(-c2ccccc2)n1C. The lowest BCUT2D eigenvalue weighted by molar-refractivity contribution is -0.112. The third-order valence-electron chi connectivity index (χ3n) is 7.53. The van der Waals surface area contributed by atoms with Crippen molar-refractivity contribution in [3.8, 4) is 5.69 Å². The summed E-state index contributed by atoms with van der Waals surface area (Å²) in [7, 11) is 1.83. The monoisotopic (exact) mass is 540 g/mol. The smallest absolute Gasteiger partial charge is 0.297 e. The lowest BCUT2D eigenvalue weighted by atomic mass is 10.1. The van der Waals surface area contributed by atoms with Crippen LogP contribution in [0.4, 0.5) is 17.1 Å². The minimum atomic E-state index is -0.255. The van der Waals surface area contributed by atoms with E-state index in [0.29, 0.717) is 18.1 Å². The number of hydrogen-bond donors (Lipinski definition) is 0. The molecule has 0 atom stereocenters. The van der Waals surface area contributed by atoms with Gasteiger partial charge in [-0.3, -0.25) is 24.1 Å². The Morgan fingerprint density at radius 2 is 1.54 bits per heavy atom. The van der Waals surface area contributed by atoms with Crippen molar-refractivity contribution in [3.63, 3.8) is 0 Å². The fourth-order valence-electron chi connectivity index (χ4n) is 5.33. The lowest BCUT2D eigenvalue weighted by Crippen LogP contribution is -2.51. The number of benzene rings is 3. The van der Waals surface area contributed by atoms with Crippen molar-refractivity contribution in [2.24, 2.45) is 12.0 Å². The Balaban J connectivity index is 1.27. The first-order valence-corrected chi connectivity index (χ1v) is 13.4. The Morgan fingerprint density at radius 1 is 0.846 bits per heavy atom. The van der Waals surface area contributed by atoms with E-state index in [-0.39, 0.29) is 17.2 Å².